The fourth-order valence-electron chi connectivity index (χ4n) is 1.000. The molecule has 0 saturated heterocycles. The Morgan fingerprint density at radius 1 is 1.08 bits per heavy atom. The van der Waals surface area contributed by atoms with Crippen LogP contribution in [0.4, 0.5) is 9.59 Å². The molecule has 0 bridgehead atoms. The molecule has 5 heteroatoms. The normalized spacial score (nSPS) is 9.54. The molecule has 76 valence electrons. The van der Waals surface area contributed by atoms with Crippen molar-refractivity contribution in [2.24, 2.45) is 0 Å². The first kappa shape index (κ1) is 12.2. The Hall–Kier alpha value is -0.770. The van der Waals surface area contributed by atoms with E-state index in [9.17, 15) is 9.59 Å². The lowest BCUT2D eigenvalue weighted by Gasteiger charge is -2.24. The van der Waals surface area contributed by atoms with E-state index in [-0.39, 0.29) is 6.03 Å². The predicted octanol–water partition coefficient (Wildman–Crippen LogP) is 2.13. The highest BCUT2D eigenvalue weighted by molar-refractivity contribution is 6.63. The molecule has 13 heavy (non-hydrogen) atoms. The van der Waals surface area contributed by atoms with Crippen molar-refractivity contribution in [3.63, 3.8) is 0 Å². The van der Waals surface area contributed by atoms with Crippen LogP contribution in [-0.4, -0.2) is 40.8 Å². The molecular weight excluding hydrogens is 192 g/mol. The summed E-state index contributed by atoms with van der Waals surface area (Å²) in [6, 6.07) is -0.326. The molecule has 0 radical (unpaired) electrons. The average molecular weight is 207 g/mol. The number of carbonyl (C=O) groups is 2. The lowest BCUT2D eigenvalue weighted by Crippen LogP contribution is -2.44. The van der Waals surface area contributed by atoms with E-state index in [2.05, 4.69) is 0 Å². The molecule has 0 N–H and O–H groups in total. The SMILES string of the molecule is CCN(CC)C(=O)N(CC)C(=O)Cl. The average Bonchev–Trinajstić information content (AvgIpc) is 2.07. The molecule has 0 rings (SSSR count). The third-order valence-corrected chi connectivity index (χ3v) is 2.00. The van der Waals surface area contributed by atoms with Crippen molar-refractivity contribution in [1.82, 2.24) is 9.80 Å². The summed E-state index contributed by atoms with van der Waals surface area (Å²) in [5, 5.41) is -0.723. The van der Waals surface area contributed by atoms with Gasteiger partial charge in [-0.2, -0.15) is 0 Å². The zero-order valence-electron chi connectivity index (χ0n) is 8.21. The molecule has 0 aromatic heterocycles. The van der Waals surface area contributed by atoms with Gasteiger partial charge in [0, 0.05) is 19.6 Å². The number of urea groups is 1. The molecule has 0 aliphatic heterocycles. The maximum Gasteiger partial charge on any atom is 0.327 e. The van der Waals surface area contributed by atoms with Crippen LogP contribution in [0.2, 0.25) is 0 Å². The number of rotatable bonds is 3. The van der Waals surface area contributed by atoms with Gasteiger partial charge in [0.1, 0.15) is 0 Å². The number of halogens is 1. The predicted molar refractivity (Wildman–Crippen MR) is 51.9 cm³/mol. The van der Waals surface area contributed by atoms with Gasteiger partial charge in [0.05, 0.1) is 0 Å². The van der Waals surface area contributed by atoms with Gasteiger partial charge >= 0.3 is 11.4 Å². The van der Waals surface area contributed by atoms with Crippen molar-refractivity contribution in [2.45, 2.75) is 20.8 Å². The minimum atomic E-state index is -0.723. The van der Waals surface area contributed by atoms with Crippen LogP contribution in [0.3, 0.4) is 0 Å². The molecule has 0 saturated carbocycles. The van der Waals surface area contributed by atoms with Gasteiger partial charge in [0.25, 0.3) is 0 Å². The summed E-state index contributed by atoms with van der Waals surface area (Å²) < 4.78 is 0. The largest absolute Gasteiger partial charge is 0.327 e. The van der Waals surface area contributed by atoms with Crippen LogP contribution in [0.5, 0.6) is 0 Å². The molecule has 3 amide bonds. The zero-order valence-corrected chi connectivity index (χ0v) is 8.97. The summed E-state index contributed by atoms with van der Waals surface area (Å²) in [5.74, 6) is 0. The maximum absolute atomic E-state index is 11.5. The maximum atomic E-state index is 11.5. The highest BCUT2D eigenvalue weighted by Gasteiger charge is 2.21. The Kier molecular flexibility index (Phi) is 5.46. The molecule has 0 atom stereocenters. The lowest BCUT2D eigenvalue weighted by atomic mass is 10.5. The van der Waals surface area contributed by atoms with Crippen LogP contribution in [0, 0.1) is 0 Å². The van der Waals surface area contributed by atoms with E-state index in [4.69, 9.17) is 11.6 Å². The second-order valence-electron chi connectivity index (χ2n) is 2.45. The first-order valence-corrected chi connectivity index (χ1v) is 4.72. The molecule has 0 spiro atoms. The highest BCUT2D eigenvalue weighted by atomic mass is 35.5. The van der Waals surface area contributed by atoms with E-state index in [1.807, 2.05) is 13.8 Å². The molecule has 0 aromatic carbocycles. The minimum absolute atomic E-state index is 0.303. The molecular formula is C8H15ClN2O2. The number of imide groups is 1. The van der Waals surface area contributed by atoms with E-state index in [1.165, 1.54) is 0 Å². The Labute approximate surface area is 83.4 Å². The monoisotopic (exact) mass is 206 g/mol. The number of hydrogen-bond donors (Lipinski definition) is 0. The zero-order chi connectivity index (χ0) is 10.4. The van der Waals surface area contributed by atoms with E-state index in [0.29, 0.717) is 19.6 Å². The van der Waals surface area contributed by atoms with Crippen molar-refractivity contribution in [3.8, 4) is 0 Å². The van der Waals surface area contributed by atoms with Crippen LogP contribution < -0.4 is 0 Å². The van der Waals surface area contributed by atoms with E-state index >= 15 is 0 Å². The second-order valence-corrected chi connectivity index (χ2v) is 2.78. The summed E-state index contributed by atoms with van der Waals surface area (Å²) in [7, 11) is 0. The number of carbonyl (C=O) groups excluding carboxylic acids is 2. The van der Waals surface area contributed by atoms with E-state index in [1.54, 1.807) is 11.8 Å². The van der Waals surface area contributed by atoms with Crippen molar-refractivity contribution in [1.29, 1.82) is 0 Å². The number of nitrogens with zero attached hydrogens (tertiary/aromatic N) is 2. The third kappa shape index (κ3) is 3.22. The summed E-state index contributed by atoms with van der Waals surface area (Å²) in [6.45, 7) is 6.88. The van der Waals surface area contributed by atoms with Crippen LogP contribution >= 0.6 is 11.6 Å². The minimum Gasteiger partial charge on any atom is -0.325 e. The molecule has 0 aliphatic rings. The van der Waals surface area contributed by atoms with Gasteiger partial charge in [-0.25, -0.2) is 4.79 Å². The first-order valence-electron chi connectivity index (χ1n) is 4.34. The summed E-state index contributed by atoms with van der Waals surface area (Å²) in [6.07, 6.45) is 0. The summed E-state index contributed by atoms with van der Waals surface area (Å²) in [5.41, 5.74) is 0. The van der Waals surface area contributed by atoms with Crippen molar-refractivity contribution >= 4 is 23.0 Å². The topological polar surface area (TPSA) is 40.6 Å². The Bertz CT molecular complexity index is 193. The standard InChI is InChI=1S/C8H15ClN2O2/c1-4-10(5-2)8(13)11(6-3)7(9)12/h4-6H2,1-3H3. The van der Waals surface area contributed by atoms with Crippen LogP contribution in [0.15, 0.2) is 0 Å². The fourth-order valence-corrected chi connectivity index (χ4v) is 1.19. The lowest BCUT2D eigenvalue weighted by molar-refractivity contribution is 0.168. The van der Waals surface area contributed by atoms with Crippen molar-refractivity contribution in [3.05, 3.63) is 0 Å². The van der Waals surface area contributed by atoms with Gasteiger partial charge in [-0.05, 0) is 32.4 Å². The second kappa shape index (κ2) is 5.80. The Balaban J connectivity index is 4.43. The van der Waals surface area contributed by atoms with Gasteiger partial charge in [-0.1, -0.05) is 0 Å². The number of hydrogen-bond acceptors (Lipinski definition) is 2. The smallest absolute Gasteiger partial charge is 0.325 e. The van der Waals surface area contributed by atoms with Gasteiger partial charge in [0.2, 0.25) is 0 Å². The van der Waals surface area contributed by atoms with Crippen molar-refractivity contribution in [2.75, 3.05) is 19.6 Å². The summed E-state index contributed by atoms with van der Waals surface area (Å²) >= 11 is 5.24. The van der Waals surface area contributed by atoms with E-state index < -0.39 is 5.37 Å². The molecule has 0 heterocycles. The van der Waals surface area contributed by atoms with Gasteiger partial charge in [-0.3, -0.25) is 9.69 Å². The van der Waals surface area contributed by atoms with Gasteiger partial charge in [0.15, 0.2) is 0 Å². The van der Waals surface area contributed by atoms with Crippen LogP contribution in [-0.2, 0) is 0 Å². The molecule has 0 unspecified atom stereocenters. The van der Waals surface area contributed by atoms with Crippen LogP contribution in [0.25, 0.3) is 0 Å². The third-order valence-electron chi connectivity index (χ3n) is 1.79. The van der Waals surface area contributed by atoms with Crippen molar-refractivity contribution < 1.29 is 9.59 Å². The Morgan fingerprint density at radius 3 is 1.77 bits per heavy atom. The number of amides is 3. The van der Waals surface area contributed by atoms with Gasteiger partial charge < -0.3 is 4.90 Å². The summed E-state index contributed by atoms with van der Waals surface area (Å²) in [4.78, 5) is 24.9. The first-order chi connectivity index (χ1) is 6.08. The van der Waals surface area contributed by atoms with Crippen LogP contribution in [0.1, 0.15) is 20.8 Å². The molecule has 0 fully saturated rings. The molecule has 0 aliphatic carbocycles. The molecule has 0 aromatic rings. The molecule has 4 nitrogen and oxygen atoms in total. The Morgan fingerprint density at radius 2 is 1.54 bits per heavy atom. The quantitative estimate of drug-likeness (QED) is 0.524. The fraction of sp³-hybridized carbons (Fsp3) is 0.750. The van der Waals surface area contributed by atoms with Gasteiger partial charge in [-0.15, -0.1) is 0 Å². The van der Waals surface area contributed by atoms with E-state index in [0.717, 1.165) is 4.90 Å². The highest BCUT2D eigenvalue weighted by Crippen LogP contribution is 2.02.